The Morgan fingerprint density at radius 2 is 1.85 bits per heavy atom. The molecule has 1 N–H and O–H groups in total. The lowest BCUT2D eigenvalue weighted by atomic mass is 9.87. The molecular weight excluding hydrogens is 432 g/mol. The third kappa shape index (κ3) is 4.57. The van der Waals surface area contributed by atoms with Crippen LogP contribution in [0.5, 0.6) is 11.5 Å². The van der Waals surface area contributed by atoms with E-state index in [1.807, 2.05) is 30.3 Å². The number of hydrogen-bond acceptors (Lipinski definition) is 6. The standard InChI is InChI=1S/C27H24N2O5/c1-32-26(31)27(14-16-33-24-10-6-5-9-22(24)27)34-23-12-11-20(17-21(23)18-28)25(30)29-15-13-19-7-3-2-4-8-19/h2-12,17H,13-16H2,1H3,(H,29,30). The minimum absolute atomic E-state index is 0.142. The van der Waals surface area contributed by atoms with Crippen molar-refractivity contribution >= 4 is 11.9 Å². The number of rotatable bonds is 7. The molecule has 0 aliphatic carbocycles. The molecule has 7 nitrogen and oxygen atoms in total. The maximum absolute atomic E-state index is 12.9. The Balaban J connectivity index is 1.56. The van der Waals surface area contributed by atoms with Crippen LogP contribution in [0.1, 0.15) is 33.5 Å². The van der Waals surface area contributed by atoms with Crippen LogP contribution in [0.2, 0.25) is 0 Å². The van der Waals surface area contributed by atoms with Crippen LogP contribution in [0.25, 0.3) is 0 Å². The smallest absolute Gasteiger partial charge is 0.355 e. The number of methoxy groups -OCH3 is 1. The van der Waals surface area contributed by atoms with Crippen LogP contribution in [-0.2, 0) is 21.6 Å². The highest BCUT2D eigenvalue weighted by Gasteiger charge is 2.48. The number of amides is 1. The summed E-state index contributed by atoms with van der Waals surface area (Å²) in [6.45, 7) is 0.709. The highest BCUT2D eigenvalue weighted by molar-refractivity contribution is 5.94. The van der Waals surface area contributed by atoms with Crippen molar-refractivity contribution in [3.8, 4) is 17.6 Å². The van der Waals surface area contributed by atoms with Gasteiger partial charge in [-0.3, -0.25) is 4.79 Å². The first-order valence-electron chi connectivity index (χ1n) is 10.9. The van der Waals surface area contributed by atoms with E-state index < -0.39 is 11.6 Å². The maximum Gasteiger partial charge on any atom is 0.355 e. The van der Waals surface area contributed by atoms with Crippen LogP contribution in [0.15, 0.2) is 72.8 Å². The predicted octanol–water partition coefficient (Wildman–Crippen LogP) is 3.76. The summed E-state index contributed by atoms with van der Waals surface area (Å²) < 4.78 is 17.0. The first-order valence-corrected chi connectivity index (χ1v) is 10.9. The van der Waals surface area contributed by atoms with Crippen molar-refractivity contribution < 1.29 is 23.8 Å². The van der Waals surface area contributed by atoms with E-state index in [2.05, 4.69) is 11.4 Å². The number of nitrogens with one attached hydrogen (secondary N) is 1. The fraction of sp³-hybridized carbons (Fsp3) is 0.222. The Morgan fingerprint density at radius 1 is 1.09 bits per heavy atom. The molecule has 7 heteroatoms. The second kappa shape index (κ2) is 10.1. The van der Waals surface area contributed by atoms with Crippen LogP contribution in [0.4, 0.5) is 0 Å². The molecule has 0 saturated heterocycles. The highest BCUT2D eigenvalue weighted by atomic mass is 16.6. The molecule has 0 saturated carbocycles. The minimum atomic E-state index is -1.46. The topological polar surface area (TPSA) is 97.6 Å². The Bertz CT molecular complexity index is 1240. The average molecular weight is 456 g/mol. The van der Waals surface area contributed by atoms with Crippen molar-refractivity contribution in [1.82, 2.24) is 5.32 Å². The number of para-hydroxylation sites is 1. The monoisotopic (exact) mass is 456 g/mol. The van der Waals surface area contributed by atoms with Crippen LogP contribution in [0, 0.1) is 11.3 Å². The molecule has 1 aliphatic rings. The maximum atomic E-state index is 12.9. The molecule has 0 radical (unpaired) electrons. The van der Waals surface area contributed by atoms with E-state index in [1.54, 1.807) is 30.3 Å². The molecular formula is C27H24N2O5. The Kier molecular flexibility index (Phi) is 6.79. The van der Waals surface area contributed by atoms with Crippen molar-refractivity contribution in [2.45, 2.75) is 18.4 Å². The molecule has 4 rings (SSSR count). The number of benzene rings is 3. The van der Waals surface area contributed by atoms with Crippen LogP contribution >= 0.6 is 0 Å². The normalized spacial score (nSPS) is 16.4. The van der Waals surface area contributed by atoms with Gasteiger partial charge in [0.1, 0.15) is 17.6 Å². The zero-order valence-electron chi connectivity index (χ0n) is 18.7. The molecule has 1 unspecified atom stereocenters. The Hall–Kier alpha value is -4.31. The number of nitriles is 1. The highest BCUT2D eigenvalue weighted by Crippen LogP contribution is 2.42. The van der Waals surface area contributed by atoms with E-state index in [1.165, 1.54) is 19.2 Å². The summed E-state index contributed by atoms with van der Waals surface area (Å²) in [6, 6.07) is 23.6. The lowest BCUT2D eigenvalue weighted by molar-refractivity contribution is -0.163. The summed E-state index contributed by atoms with van der Waals surface area (Å²) in [7, 11) is 1.29. The summed E-state index contributed by atoms with van der Waals surface area (Å²) >= 11 is 0. The summed E-state index contributed by atoms with van der Waals surface area (Å²) in [5.41, 5.74) is 0.655. The van der Waals surface area contributed by atoms with E-state index in [-0.39, 0.29) is 30.2 Å². The van der Waals surface area contributed by atoms with Gasteiger partial charge in [-0.25, -0.2) is 4.79 Å². The molecule has 1 amide bonds. The molecule has 34 heavy (non-hydrogen) atoms. The molecule has 0 spiro atoms. The number of esters is 1. The fourth-order valence-electron chi connectivity index (χ4n) is 3.99. The van der Waals surface area contributed by atoms with Gasteiger partial charge in [0, 0.05) is 24.1 Å². The van der Waals surface area contributed by atoms with Gasteiger partial charge < -0.3 is 19.5 Å². The number of fused-ring (bicyclic) bond motifs is 1. The van der Waals surface area contributed by atoms with Gasteiger partial charge in [-0.05, 0) is 36.2 Å². The molecule has 1 atom stereocenters. The SMILES string of the molecule is COC(=O)C1(Oc2ccc(C(=O)NCCc3ccccc3)cc2C#N)CCOc2ccccc21. The molecule has 0 aromatic heterocycles. The first-order chi connectivity index (χ1) is 16.6. The van der Waals surface area contributed by atoms with Crippen LogP contribution in [0.3, 0.4) is 0 Å². The summed E-state index contributed by atoms with van der Waals surface area (Å²) in [6.07, 6.45) is 0.908. The second-order valence-corrected chi connectivity index (χ2v) is 7.83. The van der Waals surface area contributed by atoms with E-state index in [4.69, 9.17) is 14.2 Å². The lowest BCUT2D eigenvalue weighted by Gasteiger charge is -2.36. The van der Waals surface area contributed by atoms with E-state index in [0.29, 0.717) is 29.8 Å². The van der Waals surface area contributed by atoms with Gasteiger partial charge in [-0.2, -0.15) is 5.26 Å². The first kappa shape index (κ1) is 22.9. The number of carbonyl (C=O) groups excluding carboxylic acids is 2. The van der Waals surface area contributed by atoms with Crippen molar-refractivity contribution in [3.63, 3.8) is 0 Å². The fourth-order valence-corrected chi connectivity index (χ4v) is 3.99. The van der Waals surface area contributed by atoms with Crippen molar-refractivity contribution in [2.75, 3.05) is 20.3 Å². The van der Waals surface area contributed by atoms with Crippen molar-refractivity contribution in [1.29, 1.82) is 5.26 Å². The zero-order valence-corrected chi connectivity index (χ0v) is 18.7. The second-order valence-electron chi connectivity index (χ2n) is 7.83. The summed E-state index contributed by atoms with van der Waals surface area (Å²) in [4.78, 5) is 25.5. The van der Waals surface area contributed by atoms with Crippen molar-refractivity contribution in [3.05, 3.63) is 95.1 Å². The van der Waals surface area contributed by atoms with Gasteiger partial charge >= 0.3 is 5.97 Å². The van der Waals surface area contributed by atoms with Gasteiger partial charge in [0.05, 0.1) is 19.3 Å². The quantitative estimate of drug-likeness (QED) is 0.544. The van der Waals surface area contributed by atoms with Gasteiger partial charge in [-0.1, -0.05) is 48.5 Å². The van der Waals surface area contributed by atoms with E-state index in [9.17, 15) is 14.9 Å². The van der Waals surface area contributed by atoms with Gasteiger partial charge in [0.2, 0.25) is 5.60 Å². The summed E-state index contributed by atoms with van der Waals surface area (Å²) in [5, 5.41) is 12.6. The van der Waals surface area contributed by atoms with Crippen LogP contribution < -0.4 is 14.8 Å². The molecule has 3 aromatic carbocycles. The minimum Gasteiger partial charge on any atom is -0.493 e. The Labute approximate surface area is 197 Å². The number of carbonyl (C=O) groups is 2. The molecule has 3 aromatic rings. The molecule has 1 heterocycles. The number of ether oxygens (including phenoxy) is 3. The molecule has 0 fully saturated rings. The number of nitrogens with zero attached hydrogens (tertiary/aromatic N) is 1. The van der Waals surface area contributed by atoms with E-state index in [0.717, 1.165) is 5.56 Å². The number of hydrogen-bond donors (Lipinski definition) is 1. The Morgan fingerprint density at radius 3 is 2.62 bits per heavy atom. The van der Waals surface area contributed by atoms with Crippen LogP contribution in [-0.4, -0.2) is 32.1 Å². The van der Waals surface area contributed by atoms with Gasteiger partial charge in [0.25, 0.3) is 5.91 Å². The largest absolute Gasteiger partial charge is 0.493 e. The van der Waals surface area contributed by atoms with Gasteiger partial charge in [-0.15, -0.1) is 0 Å². The summed E-state index contributed by atoms with van der Waals surface area (Å²) in [5.74, 6) is -0.176. The third-order valence-corrected chi connectivity index (χ3v) is 5.74. The molecule has 172 valence electrons. The van der Waals surface area contributed by atoms with Crippen molar-refractivity contribution in [2.24, 2.45) is 0 Å². The molecule has 0 bridgehead atoms. The lowest BCUT2D eigenvalue weighted by Crippen LogP contribution is -2.46. The van der Waals surface area contributed by atoms with E-state index >= 15 is 0 Å². The average Bonchev–Trinajstić information content (AvgIpc) is 2.89. The molecule has 1 aliphatic heterocycles. The predicted molar refractivity (Wildman–Crippen MR) is 125 cm³/mol. The zero-order chi connectivity index (χ0) is 24.0. The van der Waals surface area contributed by atoms with Gasteiger partial charge in [0.15, 0.2) is 0 Å². The third-order valence-electron chi connectivity index (χ3n) is 5.74.